The molecule has 3 aromatic carbocycles. The predicted octanol–water partition coefficient (Wildman–Crippen LogP) is 6.50. The minimum absolute atomic E-state index is 0.0328. The number of hydrogen-bond acceptors (Lipinski definition) is 5. The Kier molecular flexibility index (Phi) is 4.81. The van der Waals surface area contributed by atoms with Crippen LogP contribution in [0.1, 0.15) is 25.3 Å². The average molecular weight is 378 g/mol. The second-order valence-corrected chi connectivity index (χ2v) is 7.45. The van der Waals surface area contributed by atoms with Crippen LogP contribution in [-0.2, 0) is 0 Å². The lowest BCUT2D eigenvalue weighted by molar-refractivity contribution is -0.385. The second kappa shape index (κ2) is 7.40. The summed E-state index contributed by atoms with van der Waals surface area (Å²) in [5.74, 6) is 1.98. The lowest BCUT2D eigenvalue weighted by atomic mass is 10.1. The molecule has 0 radical (unpaired) electrons. The van der Waals surface area contributed by atoms with Crippen molar-refractivity contribution in [2.24, 2.45) is 4.99 Å². The van der Waals surface area contributed by atoms with E-state index in [0.717, 1.165) is 45.5 Å². The zero-order valence-corrected chi connectivity index (χ0v) is 15.7. The number of ether oxygens (including phenoxy) is 1. The van der Waals surface area contributed by atoms with Gasteiger partial charge < -0.3 is 4.74 Å². The molecular formula is C21H18N2O3S. The summed E-state index contributed by atoms with van der Waals surface area (Å²) >= 11 is 1.61. The molecule has 1 aliphatic rings. The molecule has 0 bridgehead atoms. The highest BCUT2D eigenvalue weighted by Gasteiger charge is 2.21. The first-order valence-electron chi connectivity index (χ1n) is 8.86. The summed E-state index contributed by atoms with van der Waals surface area (Å²) in [6, 6.07) is 14.9. The average Bonchev–Trinajstić information content (AvgIpc) is 2.87. The fraction of sp³-hybridized carbons (Fsp3) is 0.190. The largest absolute Gasteiger partial charge is 0.454 e. The van der Waals surface area contributed by atoms with E-state index >= 15 is 0 Å². The molecule has 0 amide bonds. The number of unbranched alkanes of at least 4 members (excludes halogenated alkanes) is 1. The molecule has 1 aliphatic heterocycles. The van der Waals surface area contributed by atoms with E-state index in [0.29, 0.717) is 11.5 Å². The molecule has 0 atom stereocenters. The zero-order chi connectivity index (χ0) is 18.8. The maximum absolute atomic E-state index is 11.4. The minimum Gasteiger partial charge on any atom is -0.454 e. The SMILES string of the molecule is CCCCSc1cc([N+](=O)[O-])cc2c1C=Nc1c(ccc3ccccc13)O2. The Labute approximate surface area is 161 Å². The van der Waals surface area contributed by atoms with Gasteiger partial charge in [-0.3, -0.25) is 15.1 Å². The second-order valence-electron chi connectivity index (χ2n) is 6.31. The van der Waals surface area contributed by atoms with Crippen LogP contribution < -0.4 is 4.74 Å². The van der Waals surface area contributed by atoms with E-state index in [2.05, 4.69) is 11.9 Å². The van der Waals surface area contributed by atoms with Gasteiger partial charge in [-0.15, -0.1) is 11.8 Å². The third kappa shape index (κ3) is 3.40. The number of fused-ring (bicyclic) bond motifs is 4. The van der Waals surface area contributed by atoms with Gasteiger partial charge in [0.1, 0.15) is 11.4 Å². The standard InChI is InChI=1S/C21H18N2O3S/c1-2-3-10-27-20-12-15(23(24)25)11-19-17(20)13-22-21-16-7-5-4-6-14(16)8-9-18(21)26-19/h4-9,11-13H,2-3,10H2,1H3. The van der Waals surface area contributed by atoms with Crippen LogP contribution in [0.2, 0.25) is 0 Å². The Morgan fingerprint density at radius 1 is 1.15 bits per heavy atom. The summed E-state index contributed by atoms with van der Waals surface area (Å²) in [6.07, 6.45) is 3.89. The molecule has 4 rings (SSSR count). The lowest BCUT2D eigenvalue weighted by Gasteiger charge is -2.12. The van der Waals surface area contributed by atoms with E-state index in [9.17, 15) is 10.1 Å². The molecule has 0 aliphatic carbocycles. The highest BCUT2D eigenvalue weighted by molar-refractivity contribution is 7.99. The summed E-state index contributed by atoms with van der Waals surface area (Å²) < 4.78 is 6.11. The minimum atomic E-state index is -0.378. The van der Waals surface area contributed by atoms with Gasteiger partial charge in [0, 0.05) is 28.1 Å². The van der Waals surface area contributed by atoms with Gasteiger partial charge in [-0.05, 0) is 23.6 Å². The van der Waals surface area contributed by atoms with Crippen LogP contribution in [0, 0.1) is 10.1 Å². The fourth-order valence-corrected chi connectivity index (χ4v) is 4.21. The summed E-state index contributed by atoms with van der Waals surface area (Å²) in [4.78, 5) is 16.5. The maximum atomic E-state index is 11.4. The number of hydrogen-bond donors (Lipinski definition) is 0. The molecule has 0 saturated heterocycles. The summed E-state index contributed by atoms with van der Waals surface area (Å²) in [5.41, 5.74) is 1.57. The lowest BCUT2D eigenvalue weighted by Crippen LogP contribution is -1.96. The van der Waals surface area contributed by atoms with E-state index in [1.54, 1.807) is 24.0 Å². The molecule has 0 fully saturated rings. The monoisotopic (exact) mass is 378 g/mol. The van der Waals surface area contributed by atoms with Crippen molar-refractivity contribution in [2.75, 3.05) is 5.75 Å². The van der Waals surface area contributed by atoms with Crippen LogP contribution in [0.15, 0.2) is 58.4 Å². The molecule has 5 nitrogen and oxygen atoms in total. The molecule has 27 heavy (non-hydrogen) atoms. The Balaban J connectivity index is 1.85. The highest BCUT2D eigenvalue weighted by Crippen LogP contribution is 2.44. The number of thioether (sulfide) groups is 1. The highest BCUT2D eigenvalue weighted by atomic mass is 32.2. The van der Waals surface area contributed by atoms with Crippen molar-refractivity contribution in [3.05, 3.63) is 64.2 Å². The van der Waals surface area contributed by atoms with Crippen molar-refractivity contribution < 1.29 is 9.66 Å². The third-order valence-electron chi connectivity index (χ3n) is 4.46. The van der Waals surface area contributed by atoms with Gasteiger partial charge >= 0.3 is 0 Å². The molecule has 0 N–H and O–H groups in total. The smallest absolute Gasteiger partial charge is 0.274 e. The van der Waals surface area contributed by atoms with Crippen LogP contribution in [-0.4, -0.2) is 16.9 Å². The molecule has 136 valence electrons. The first kappa shape index (κ1) is 17.5. The van der Waals surface area contributed by atoms with Gasteiger partial charge in [0.2, 0.25) is 0 Å². The molecule has 1 heterocycles. The van der Waals surface area contributed by atoms with Gasteiger partial charge in [-0.1, -0.05) is 43.7 Å². The van der Waals surface area contributed by atoms with Gasteiger partial charge in [0.15, 0.2) is 5.75 Å². The molecule has 0 saturated carbocycles. The van der Waals surface area contributed by atoms with E-state index in [-0.39, 0.29) is 10.6 Å². The van der Waals surface area contributed by atoms with E-state index < -0.39 is 0 Å². The van der Waals surface area contributed by atoms with E-state index in [1.807, 2.05) is 36.4 Å². The molecular weight excluding hydrogens is 360 g/mol. The normalized spacial score (nSPS) is 12.2. The van der Waals surface area contributed by atoms with Crippen molar-refractivity contribution >= 4 is 40.1 Å². The van der Waals surface area contributed by atoms with Crippen LogP contribution in [0.4, 0.5) is 11.4 Å². The number of non-ortho nitro benzene ring substituents is 1. The number of benzene rings is 3. The third-order valence-corrected chi connectivity index (χ3v) is 5.60. The Morgan fingerprint density at radius 2 is 2.00 bits per heavy atom. The van der Waals surface area contributed by atoms with Gasteiger partial charge in [0.05, 0.1) is 11.0 Å². The molecule has 0 unspecified atom stereocenters. The number of nitrogens with zero attached hydrogens (tertiary/aromatic N) is 2. The van der Waals surface area contributed by atoms with Crippen LogP contribution in [0.25, 0.3) is 10.8 Å². The summed E-state index contributed by atoms with van der Waals surface area (Å²) in [6.45, 7) is 2.13. The quantitative estimate of drug-likeness (QED) is 0.172. The van der Waals surface area contributed by atoms with E-state index in [4.69, 9.17) is 4.74 Å². The number of nitro groups is 1. The van der Waals surface area contributed by atoms with Crippen molar-refractivity contribution in [1.29, 1.82) is 0 Å². The van der Waals surface area contributed by atoms with Gasteiger partial charge in [-0.2, -0.15) is 0 Å². The number of rotatable bonds is 5. The zero-order valence-electron chi connectivity index (χ0n) is 14.8. The van der Waals surface area contributed by atoms with Crippen molar-refractivity contribution in [2.45, 2.75) is 24.7 Å². The summed E-state index contributed by atoms with van der Waals surface area (Å²) in [5, 5.41) is 13.5. The predicted molar refractivity (Wildman–Crippen MR) is 110 cm³/mol. The van der Waals surface area contributed by atoms with E-state index in [1.165, 1.54) is 6.07 Å². The number of nitro benzene ring substituents is 1. The fourth-order valence-electron chi connectivity index (χ4n) is 3.05. The Bertz CT molecular complexity index is 1060. The van der Waals surface area contributed by atoms with Gasteiger partial charge in [0.25, 0.3) is 5.69 Å². The molecule has 0 aromatic heterocycles. The van der Waals surface area contributed by atoms with Crippen LogP contribution in [0.5, 0.6) is 11.5 Å². The summed E-state index contributed by atoms with van der Waals surface area (Å²) in [7, 11) is 0. The molecule has 6 heteroatoms. The maximum Gasteiger partial charge on any atom is 0.274 e. The number of aliphatic imine (C=N–C) groups is 1. The van der Waals surface area contributed by atoms with Crippen LogP contribution >= 0.6 is 11.8 Å². The topological polar surface area (TPSA) is 64.7 Å². The van der Waals surface area contributed by atoms with Crippen molar-refractivity contribution in [3.63, 3.8) is 0 Å². The molecule has 0 spiro atoms. The first-order chi connectivity index (χ1) is 13.2. The molecule has 3 aromatic rings. The Morgan fingerprint density at radius 3 is 2.81 bits per heavy atom. The van der Waals surface area contributed by atoms with Crippen molar-refractivity contribution in [3.8, 4) is 11.5 Å². The Hall–Kier alpha value is -2.86. The van der Waals surface area contributed by atoms with Crippen molar-refractivity contribution in [1.82, 2.24) is 0 Å². The van der Waals surface area contributed by atoms with Gasteiger partial charge in [-0.25, -0.2) is 0 Å². The first-order valence-corrected chi connectivity index (χ1v) is 9.85. The van der Waals surface area contributed by atoms with Crippen LogP contribution in [0.3, 0.4) is 0 Å².